The maximum absolute atomic E-state index is 11.7. The first-order valence-corrected chi connectivity index (χ1v) is 6.03. The third kappa shape index (κ3) is 4.10. The third-order valence-corrected chi connectivity index (χ3v) is 3.29. The van der Waals surface area contributed by atoms with Crippen molar-refractivity contribution in [1.29, 1.82) is 0 Å². The summed E-state index contributed by atoms with van der Waals surface area (Å²) >= 11 is 0.938. The highest BCUT2D eigenvalue weighted by Gasteiger charge is 2.14. The number of nitrogens with one attached hydrogen (secondary N) is 1. The van der Waals surface area contributed by atoms with Gasteiger partial charge in [0.1, 0.15) is 4.88 Å². The topological polar surface area (TPSA) is 84.9 Å². The van der Waals surface area contributed by atoms with Gasteiger partial charge in [0.05, 0.1) is 17.6 Å². The number of hydrogen-bond donors (Lipinski definition) is 2. The van der Waals surface area contributed by atoms with E-state index in [-0.39, 0.29) is 16.9 Å². The number of amides is 1. The molecule has 0 saturated heterocycles. The minimum Gasteiger partial charge on any atom is -0.477 e. The van der Waals surface area contributed by atoms with E-state index in [2.05, 4.69) is 5.32 Å². The third-order valence-electron chi connectivity index (χ3n) is 2.22. The SMILES string of the molecule is COCC(CNC(=O)c1ccc(C(=O)O)s1)OC. The Kier molecular flexibility index (Phi) is 5.76. The van der Waals surface area contributed by atoms with Crippen LogP contribution in [0.25, 0.3) is 0 Å². The number of ether oxygens (including phenoxy) is 2. The molecule has 1 amide bonds. The molecule has 1 unspecified atom stereocenters. The zero-order valence-corrected chi connectivity index (χ0v) is 11.0. The van der Waals surface area contributed by atoms with Crippen LogP contribution in [0.2, 0.25) is 0 Å². The maximum Gasteiger partial charge on any atom is 0.345 e. The van der Waals surface area contributed by atoms with E-state index in [1.54, 1.807) is 7.11 Å². The summed E-state index contributed by atoms with van der Waals surface area (Å²) in [4.78, 5) is 22.9. The number of carboxylic acids is 1. The highest BCUT2D eigenvalue weighted by atomic mass is 32.1. The van der Waals surface area contributed by atoms with Gasteiger partial charge in [0.2, 0.25) is 0 Å². The first-order valence-electron chi connectivity index (χ1n) is 5.21. The fourth-order valence-electron chi connectivity index (χ4n) is 1.26. The minimum atomic E-state index is -1.03. The minimum absolute atomic E-state index is 0.139. The summed E-state index contributed by atoms with van der Waals surface area (Å²) in [5, 5.41) is 11.4. The molecule has 2 N–H and O–H groups in total. The zero-order chi connectivity index (χ0) is 13.5. The van der Waals surface area contributed by atoms with E-state index in [4.69, 9.17) is 14.6 Å². The van der Waals surface area contributed by atoms with Crippen molar-refractivity contribution in [2.24, 2.45) is 0 Å². The number of methoxy groups -OCH3 is 2. The summed E-state index contributed by atoms with van der Waals surface area (Å²) in [5.74, 6) is -1.35. The molecule has 1 rings (SSSR count). The van der Waals surface area contributed by atoms with Crippen molar-refractivity contribution in [3.05, 3.63) is 21.9 Å². The van der Waals surface area contributed by atoms with Crippen LogP contribution in [0.15, 0.2) is 12.1 Å². The molecule has 0 aromatic carbocycles. The highest BCUT2D eigenvalue weighted by molar-refractivity contribution is 7.15. The molecule has 0 spiro atoms. The summed E-state index contributed by atoms with van der Waals surface area (Å²) in [5.41, 5.74) is 0. The van der Waals surface area contributed by atoms with Crippen LogP contribution in [-0.2, 0) is 9.47 Å². The molecule has 7 heteroatoms. The largest absolute Gasteiger partial charge is 0.477 e. The number of carbonyl (C=O) groups excluding carboxylic acids is 1. The standard InChI is InChI=1S/C11H15NO5S/c1-16-6-7(17-2)5-12-10(13)8-3-4-9(18-8)11(14)15/h3-4,7H,5-6H2,1-2H3,(H,12,13)(H,14,15). The number of carbonyl (C=O) groups is 2. The average Bonchev–Trinajstić information content (AvgIpc) is 2.83. The van der Waals surface area contributed by atoms with Crippen molar-refractivity contribution in [1.82, 2.24) is 5.32 Å². The number of rotatable bonds is 7. The molecular weight excluding hydrogens is 258 g/mol. The van der Waals surface area contributed by atoms with Crippen molar-refractivity contribution in [2.75, 3.05) is 27.4 Å². The predicted molar refractivity (Wildman–Crippen MR) is 66.3 cm³/mol. The molecule has 0 aliphatic heterocycles. The Bertz CT molecular complexity index is 417. The van der Waals surface area contributed by atoms with Gasteiger partial charge in [0, 0.05) is 20.8 Å². The van der Waals surface area contributed by atoms with Crippen LogP contribution in [0.3, 0.4) is 0 Å². The summed E-state index contributed by atoms with van der Waals surface area (Å²) in [7, 11) is 3.08. The number of hydrogen-bond acceptors (Lipinski definition) is 5. The van der Waals surface area contributed by atoms with Gasteiger partial charge < -0.3 is 19.9 Å². The molecule has 0 fully saturated rings. The fraction of sp³-hybridized carbons (Fsp3) is 0.455. The second-order valence-corrected chi connectivity index (χ2v) is 4.58. The van der Waals surface area contributed by atoms with Crippen LogP contribution in [0.5, 0.6) is 0 Å². The quantitative estimate of drug-likeness (QED) is 0.769. The van der Waals surface area contributed by atoms with Crippen LogP contribution >= 0.6 is 11.3 Å². The van der Waals surface area contributed by atoms with Crippen LogP contribution in [0.1, 0.15) is 19.3 Å². The predicted octanol–water partition coefficient (Wildman–Crippen LogP) is 0.838. The lowest BCUT2D eigenvalue weighted by molar-refractivity contribution is 0.0286. The zero-order valence-electron chi connectivity index (χ0n) is 10.1. The lowest BCUT2D eigenvalue weighted by atomic mass is 10.3. The van der Waals surface area contributed by atoms with Crippen LogP contribution in [0, 0.1) is 0 Å². The van der Waals surface area contributed by atoms with Crippen molar-refractivity contribution in [3.8, 4) is 0 Å². The molecule has 1 aromatic rings. The Morgan fingerprint density at radius 2 is 2.06 bits per heavy atom. The molecule has 0 saturated carbocycles. The molecule has 0 bridgehead atoms. The average molecular weight is 273 g/mol. The van der Waals surface area contributed by atoms with Gasteiger partial charge >= 0.3 is 5.97 Å². The number of carboxylic acid groups (broad SMARTS) is 1. The Balaban J connectivity index is 2.51. The second kappa shape index (κ2) is 7.10. The first-order chi connectivity index (χ1) is 8.58. The summed E-state index contributed by atoms with van der Waals surface area (Å²) < 4.78 is 10.0. The molecule has 18 heavy (non-hydrogen) atoms. The molecule has 0 aliphatic carbocycles. The van der Waals surface area contributed by atoms with Gasteiger partial charge in [0.25, 0.3) is 5.91 Å². The summed E-state index contributed by atoms with van der Waals surface area (Å²) in [6, 6.07) is 2.90. The van der Waals surface area contributed by atoms with E-state index < -0.39 is 5.97 Å². The van der Waals surface area contributed by atoms with E-state index >= 15 is 0 Å². The molecule has 6 nitrogen and oxygen atoms in total. The fourth-order valence-corrected chi connectivity index (χ4v) is 2.03. The Morgan fingerprint density at radius 1 is 1.39 bits per heavy atom. The van der Waals surface area contributed by atoms with Gasteiger partial charge in [-0.25, -0.2) is 4.79 Å². The molecule has 1 aromatic heterocycles. The van der Waals surface area contributed by atoms with E-state index in [9.17, 15) is 9.59 Å². The van der Waals surface area contributed by atoms with Crippen LogP contribution in [0.4, 0.5) is 0 Å². The number of thiophene rings is 1. The van der Waals surface area contributed by atoms with Gasteiger partial charge in [0.15, 0.2) is 0 Å². The Hall–Kier alpha value is -1.44. The molecular formula is C11H15NO5S. The smallest absolute Gasteiger partial charge is 0.345 e. The maximum atomic E-state index is 11.7. The van der Waals surface area contributed by atoms with Gasteiger partial charge in [-0.3, -0.25) is 4.79 Å². The van der Waals surface area contributed by atoms with Crippen LogP contribution < -0.4 is 5.32 Å². The molecule has 1 atom stereocenters. The Labute approximate surface area is 109 Å². The van der Waals surface area contributed by atoms with Crippen molar-refractivity contribution >= 4 is 23.2 Å². The lowest BCUT2D eigenvalue weighted by Gasteiger charge is -2.14. The van der Waals surface area contributed by atoms with Crippen LogP contribution in [-0.4, -0.2) is 50.5 Å². The summed E-state index contributed by atoms with van der Waals surface area (Å²) in [6.07, 6.45) is -0.224. The molecule has 0 aliphatic rings. The van der Waals surface area contributed by atoms with Gasteiger partial charge in [-0.15, -0.1) is 11.3 Å². The lowest BCUT2D eigenvalue weighted by Crippen LogP contribution is -2.35. The highest BCUT2D eigenvalue weighted by Crippen LogP contribution is 2.16. The van der Waals surface area contributed by atoms with Crippen molar-refractivity contribution in [2.45, 2.75) is 6.10 Å². The molecule has 1 heterocycles. The van der Waals surface area contributed by atoms with E-state index in [1.165, 1.54) is 19.2 Å². The number of aromatic carboxylic acids is 1. The van der Waals surface area contributed by atoms with Gasteiger partial charge in [-0.2, -0.15) is 0 Å². The van der Waals surface area contributed by atoms with E-state index in [1.807, 2.05) is 0 Å². The van der Waals surface area contributed by atoms with Gasteiger partial charge in [-0.1, -0.05) is 0 Å². The molecule has 0 radical (unpaired) electrons. The van der Waals surface area contributed by atoms with Crippen molar-refractivity contribution < 1.29 is 24.2 Å². The van der Waals surface area contributed by atoms with Crippen molar-refractivity contribution in [3.63, 3.8) is 0 Å². The van der Waals surface area contributed by atoms with E-state index in [0.29, 0.717) is 18.0 Å². The second-order valence-electron chi connectivity index (χ2n) is 3.49. The molecule has 100 valence electrons. The Morgan fingerprint density at radius 3 is 2.56 bits per heavy atom. The van der Waals surface area contributed by atoms with E-state index in [0.717, 1.165) is 11.3 Å². The van der Waals surface area contributed by atoms with Gasteiger partial charge in [-0.05, 0) is 12.1 Å². The monoisotopic (exact) mass is 273 g/mol. The summed E-state index contributed by atoms with van der Waals surface area (Å²) in [6.45, 7) is 0.686. The first kappa shape index (κ1) is 14.6. The normalized spacial score (nSPS) is 12.1.